The number of fused-ring (bicyclic) bond motifs is 1. The second kappa shape index (κ2) is 7.52. The maximum absolute atomic E-state index is 5.91. The molecule has 0 bridgehead atoms. The summed E-state index contributed by atoms with van der Waals surface area (Å²) >= 11 is 0. The predicted molar refractivity (Wildman–Crippen MR) is 108 cm³/mol. The van der Waals surface area contributed by atoms with Gasteiger partial charge in [0.2, 0.25) is 6.79 Å². The van der Waals surface area contributed by atoms with Crippen molar-refractivity contribution in [3.8, 4) is 23.0 Å². The SMILES string of the molecule is Cc1cc(CNC(C)(C)c2ccc3c(c2)OCO3)ccc1Oc1cccnc1. The molecule has 0 unspecified atom stereocenters. The molecule has 1 aliphatic rings. The Morgan fingerprint density at radius 3 is 2.71 bits per heavy atom. The largest absolute Gasteiger partial charge is 0.455 e. The molecule has 5 heteroatoms. The van der Waals surface area contributed by atoms with Crippen LogP contribution in [0.2, 0.25) is 0 Å². The average molecular weight is 376 g/mol. The predicted octanol–water partition coefficient (Wildman–Crippen LogP) is 4.94. The van der Waals surface area contributed by atoms with E-state index in [1.54, 1.807) is 12.4 Å². The third kappa shape index (κ3) is 3.94. The molecule has 0 saturated carbocycles. The molecular formula is C23H24N2O3. The van der Waals surface area contributed by atoms with Crippen LogP contribution in [0.3, 0.4) is 0 Å². The molecule has 28 heavy (non-hydrogen) atoms. The van der Waals surface area contributed by atoms with E-state index in [9.17, 15) is 0 Å². The van der Waals surface area contributed by atoms with Crippen molar-refractivity contribution in [2.45, 2.75) is 32.9 Å². The van der Waals surface area contributed by atoms with Gasteiger partial charge in [0.25, 0.3) is 0 Å². The van der Waals surface area contributed by atoms with Gasteiger partial charge in [-0.3, -0.25) is 4.98 Å². The minimum absolute atomic E-state index is 0.209. The van der Waals surface area contributed by atoms with E-state index in [0.717, 1.165) is 40.7 Å². The van der Waals surface area contributed by atoms with E-state index in [1.807, 2.05) is 30.3 Å². The summed E-state index contributed by atoms with van der Waals surface area (Å²) in [7, 11) is 0. The van der Waals surface area contributed by atoms with Gasteiger partial charge in [0.1, 0.15) is 11.5 Å². The molecule has 0 aliphatic carbocycles. The Kier molecular flexibility index (Phi) is 4.92. The van der Waals surface area contributed by atoms with Crippen molar-refractivity contribution < 1.29 is 14.2 Å². The number of nitrogens with zero attached hydrogens (tertiary/aromatic N) is 1. The van der Waals surface area contributed by atoms with Gasteiger partial charge in [0.05, 0.1) is 6.20 Å². The Morgan fingerprint density at radius 2 is 1.93 bits per heavy atom. The van der Waals surface area contributed by atoms with Gasteiger partial charge in [-0.15, -0.1) is 0 Å². The van der Waals surface area contributed by atoms with Crippen molar-refractivity contribution in [2.75, 3.05) is 6.79 Å². The molecule has 0 saturated heterocycles. The number of benzene rings is 2. The first-order valence-electron chi connectivity index (χ1n) is 9.34. The van der Waals surface area contributed by atoms with Crippen molar-refractivity contribution in [1.29, 1.82) is 0 Å². The zero-order valence-corrected chi connectivity index (χ0v) is 16.4. The molecule has 3 aromatic rings. The average Bonchev–Trinajstić information content (AvgIpc) is 3.17. The molecule has 0 atom stereocenters. The highest BCUT2D eigenvalue weighted by Crippen LogP contribution is 2.35. The van der Waals surface area contributed by atoms with E-state index in [1.165, 1.54) is 5.56 Å². The van der Waals surface area contributed by atoms with Gasteiger partial charge in [-0.2, -0.15) is 0 Å². The monoisotopic (exact) mass is 376 g/mol. The molecule has 2 heterocycles. The minimum Gasteiger partial charge on any atom is -0.455 e. The van der Waals surface area contributed by atoms with Crippen LogP contribution in [0.25, 0.3) is 0 Å². The Bertz CT molecular complexity index is 971. The first-order valence-corrected chi connectivity index (χ1v) is 9.34. The lowest BCUT2D eigenvalue weighted by Crippen LogP contribution is -2.35. The number of hydrogen-bond acceptors (Lipinski definition) is 5. The minimum atomic E-state index is -0.209. The Hall–Kier alpha value is -3.05. The van der Waals surface area contributed by atoms with Crippen LogP contribution >= 0.6 is 0 Å². The lowest BCUT2D eigenvalue weighted by molar-refractivity contribution is 0.174. The third-order valence-corrected chi connectivity index (χ3v) is 4.93. The molecule has 4 rings (SSSR count). The normalized spacial score (nSPS) is 12.8. The molecule has 1 N–H and O–H groups in total. The number of nitrogens with one attached hydrogen (secondary N) is 1. The van der Waals surface area contributed by atoms with Crippen LogP contribution in [0.1, 0.15) is 30.5 Å². The zero-order chi connectivity index (χ0) is 19.6. The van der Waals surface area contributed by atoms with Crippen LogP contribution in [0.4, 0.5) is 0 Å². The second-order valence-corrected chi connectivity index (χ2v) is 7.44. The van der Waals surface area contributed by atoms with E-state index in [4.69, 9.17) is 14.2 Å². The fraction of sp³-hybridized carbons (Fsp3) is 0.261. The summed E-state index contributed by atoms with van der Waals surface area (Å²) in [5.74, 6) is 3.19. The Labute approximate surface area is 165 Å². The maximum atomic E-state index is 5.91. The molecule has 0 fully saturated rings. The topological polar surface area (TPSA) is 52.6 Å². The van der Waals surface area contributed by atoms with Gasteiger partial charge in [-0.25, -0.2) is 0 Å². The lowest BCUT2D eigenvalue weighted by Gasteiger charge is -2.27. The number of aromatic nitrogens is 1. The molecule has 2 aromatic carbocycles. The second-order valence-electron chi connectivity index (χ2n) is 7.44. The summed E-state index contributed by atoms with van der Waals surface area (Å²) < 4.78 is 16.8. The fourth-order valence-corrected chi connectivity index (χ4v) is 3.18. The lowest BCUT2D eigenvalue weighted by atomic mass is 9.93. The summed E-state index contributed by atoms with van der Waals surface area (Å²) in [5.41, 5.74) is 3.23. The first-order chi connectivity index (χ1) is 13.5. The highest BCUT2D eigenvalue weighted by atomic mass is 16.7. The van der Waals surface area contributed by atoms with Crippen molar-refractivity contribution >= 4 is 0 Å². The molecule has 0 radical (unpaired) electrons. The van der Waals surface area contributed by atoms with Crippen LogP contribution in [0.15, 0.2) is 60.9 Å². The van der Waals surface area contributed by atoms with Crippen molar-refractivity contribution in [1.82, 2.24) is 10.3 Å². The number of hydrogen-bond donors (Lipinski definition) is 1. The van der Waals surface area contributed by atoms with Crippen molar-refractivity contribution in [3.63, 3.8) is 0 Å². The quantitative estimate of drug-likeness (QED) is 0.661. The number of pyridine rings is 1. The summed E-state index contributed by atoms with van der Waals surface area (Å²) in [6, 6.07) is 16.1. The molecule has 144 valence electrons. The summed E-state index contributed by atoms with van der Waals surface area (Å²) in [6.07, 6.45) is 3.44. The molecule has 0 spiro atoms. The van der Waals surface area contributed by atoms with E-state index >= 15 is 0 Å². The van der Waals surface area contributed by atoms with Gasteiger partial charge >= 0.3 is 0 Å². The van der Waals surface area contributed by atoms with Gasteiger partial charge in [-0.1, -0.05) is 18.2 Å². The van der Waals surface area contributed by atoms with Crippen LogP contribution in [0, 0.1) is 6.92 Å². The number of ether oxygens (including phenoxy) is 3. The fourth-order valence-electron chi connectivity index (χ4n) is 3.18. The first kappa shape index (κ1) is 18.3. The molecular weight excluding hydrogens is 352 g/mol. The van der Waals surface area contributed by atoms with Crippen LogP contribution in [-0.2, 0) is 12.1 Å². The molecule has 1 aromatic heterocycles. The van der Waals surface area contributed by atoms with E-state index in [-0.39, 0.29) is 5.54 Å². The zero-order valence-electron chi connectivity index (χ0n) is 16.4. The van der Waals surface area contributed by atoms with Gasteiger partial charge in [0.15, 0.2) is 11.5 Å². The van der Waals surface area contributed by atoms with E-state index < -0.39 is 0 Å². The highest BCUT2D eigenvalue weighted by molar-refractivity contribution is 5.46. The van der Waals surface area contributed by atoms with Gasteiger partial charge in [-0.05, 0) is 67.8 Å². The number of aryl methyl sites for hydroxylation is 1. The summed E-state index contributed by atoms with van der Waals surface area (Å²) in [5, 5.41) is 3.63. The smallest absolute Gasteiger partial charge is 0.231 e. The van der Waals surface area contributed by atoms with Gasteiger partial charge in [0, 0.05) is 18.3 Å². The van der Waals surface area contributed by atoms with Gasteiger partial charge < -0.3 is 19.5 Å². The summed E-state index contributed by atoms with van der Waals surface area (Å²) in [6.45, 7) is 7.42. The van der Waals surface area contributed by atoms with Crippen molar-refractivity contribution in [3.05, 3.63) is 77.6 Å². The third-order valence-electron chi connectivity index (χ3n) is 4.93. The van der Waals surface area contributed by atoms with E-state index in [0.29, 0.717) is 6.79 Å². The highest BCUT2D eigenvalue weighted by Gasteiger charge is 2.23. The molecule has 5 nitrogen and oxygen atoms in total. The molecule has 0 amide bonds. The van der Waals surface area contributed by atoms with Crippen LogP contribution in [-0.4, -0.2) is 11.8 Å². The Balaban J connectivity index is 1.43. The van der Waals surface area contributed by atoms with Crippen molar-refractivity contribution in [2.24, 2.45) is 0 Å². The Morgan fingerprint density at radius 1 is 1.07 bits per heavy atom. The standard InChI is InChI=1S/C23H24N2O3/c1-16-11-17(6-8-20(16)28-19-5-4-10-24-14-19)13-25-23(2,3)18-7-9-21-22(12-18)27-15-26-21/h4-12,14,25H,13,15H2,1-3H3. The van der Waals surface area contributed by atoms with Crippen LogP contribution < -0.4 is 19.5 Å². The molecule has 1 aliphatic heterocycles. The maximum Gasteiger partial charge on any atom is 0.231 e. The number of rotatable bonds is 6. The van der Waals surface area contributed by atoms with E-state index in [2.05, 4.69) is 49.3 Å². The van der Waals surface area contributed by atoms with Crippen LogP contribution in [0.5, 0.6) is 23.0 Å². The summed E-state index contributed by atoms with van der Waals surface area (Å²) in [4.78, 5) is 4.08.